The van der Waals surface area contributed by atoms with Gasteiger partial charge in [0.2, 0.25) is 0 Å². The summed E-state index contributed by atoms with van der Waals surface area (Å²) in [4.78, 5) is 0. The van der Waals surface area contributed by atoms with Crippen molar-refractivity contribution in [2.24, 2.45) is 0 Å². The fourth-order valence-corrected chi connectivity index (χ4v) is 12.7. The van der Waals surface area contributed by atoms with Crippen LogP contribution in [0.25, 0.3) is 123 Å². The molecule has 1 aliphatic rings. The summed E-state index contributed by atoms with van der Waals surface area (Å²) in [6.07, 6.45) is 0.978. The number of thiophene rings is 2. The van der Waals surface area contributed by atoms with Crippen LogP contribution >= 0.6 is 22.7 Å². The summed E-state index contributed by atoms with van der Waals surface area (Å²) in [6.45, 7) is 0. The van der Waals surface area contributed by atoms with Gasteiger partial charge in [-0.05, 0) is 99.5 Å². The molecule has 4 heterocycles. The van der Waals surface area contributed by atoms with Gasteiger partial charge in [-0.25, -0.2) is 0 Å². The Morgan fingerprint density at radius 1 is 0.407 bits per heavy atom. The van der Waals surface area contributed by atoms with Gasteiger partial charge in [-0.2, -0.15) is 0 Å². The molecule has 4 heteroatoms. The van der Waals surface area contributed by atoms with Gasteiger partial charge in [0, 0.05) is 57.2 Å². The van der Waals surface area contributed by atoms with E-state index in [1.807, 2.05) is 22.7 Å². The second kappa shape index (κ2) is 11.8. The number of nitrogens with zero attached hydrogens (tertiary/aromatic N) is 1. The van der Waals surface area contributed by atoms with Gasteiger partial charge in [-0.15, -0.1) is 22.7 Å². The third-order valence-electron chi connectivity index (χ3n) is 12.9. The normalized spacial score (nSPS) is 12.7. The van der Waals surface area contributed by atoms with Crippen molar-refractivity contribution < 1.29 is 4.42 Å². The molecule has 0 amide bonds. The van der Waals surface area contributed by atoms with Crippen LogP contribution in [0, 0.1) is 0 Å². The average molecular weight is 786 g/mol. The minimum atomic E-state index is 0.918. The number of fused-ring (bicyclic) bond motifs is 15. The zero-order chi connectivity index (χ0) is 38.3. The molecule has 14 rings (SSSR count). The van der Waals surface area contributed by atoms with Gasteiger partial charge in [0.05, 0.1) is 21.4 Å². The molecule has 0 saturated heterocycles. The third kappa shape index (κ3) is 4.39. The maximum atomic E-state index is 6.71. The van der Waals surface area contributed by atoms with Gasteiger partial charge in [0.25, 0.3) is 0 Å². The lowest BCUT2D eigenvalue weighted by atomic mass is 9.94. The minimum absolute atomic E-state index is 0.918. The monoisotopic (exact) mass is 785 g/mol. The van der Waals surface area contributed by atoms with Crippen LogP contribution in [0.1, 0.15) is 11.1 Å². The second-order valence-corrected chi connectivity index (χ2v) is 18.0. The van der Waals surface area contributed by atoms with Gasteiger partial charge >= 0.3 is 0 Å². The Balaban J connectivity index is 0.939. The van der Waals surface area contributed by atoms with E-state index in [0.29, 0.717) is 0 Å². The van der Waals surface area contributed by atoms with Crippen molar-refractivity contribution in [1.29, 1.82) is 0 Å². The number of para-hydroxylation sites is 2. The van der Waals surface area contributed by atoms with Crippen LogP contribution in [-0.4, -0.2) is 4.57 Å². The molecule has 1 aliphatic carbocycles. The second-order valence-electron chi connectivity index (χ2n) is 15.9. The Kier molecular flexibility index (Phi) is 6.40. The molecule has 4 aromatic heterocycles. The quantitative estimate of drug-likeness (QED) is 0.174. The van der Waals surface area contributed by atoms with Crippen molar-refractivity contribution in [1.82, 2.24) is 4.57 Å². The van der Waals surface area contributed by atoms with Gasteiger partial charge < -0.3 is 8.98 Å². The van der Waals surface area contributed by atoms with Crippen LogP contribution in [0.2, 0.25) is 0 Å². The summed E-state index contributed by atoms with van der Waals surface area (Å²) in [6, 6.07) is 65.1. The molecule has 274 valence electrons. The van der Waals surface area contributed by atoms with E-state index in [-0.39, 0.29) is 0 Å². The van der Waals surface area contributed by atoms with E-state index in [1.165, 1.54) is 118 Å². The van der Waals surface area contributed by atoms with Crippen molar-refractivity contribution in [3.8, 4) is 39.1 Å². The van der Waals surface area contributed by atoms with E-state index >= 15 is 0 Å². The maximum Gasteiger partial charge on any atom is 0.136 e. The standard InChI is InChI=1S/C55H31NOS2/c1-2-12-33-31(11-1)27-42-35(33)16-7-17-36(42)39-18-8-19-40-43-28-32(25-26-51(43)58-54(39)40)34-15-10-24-49-53(34)45-29-44-41-20-9-23-48(55(41)59-52(44)30-50(45)57-49)56-46-21-5-3-13-37(46)38-14-4-6-22-47(38)56/h1-26,28-30H,27H2. The van der Waals surface area contributed by atoms with Crippen LogP contribution in [-0.2, 0) is 6.42 Å². The highest BCUT2D eigenvalue weighted by molar-refractivity contribution is 7.26. The Morgan fingerprint density at radius 2 is 1.03 bits per heavy atom. The molecule has 2 nitrogen and oxygen atoms in total. The lowest BCUT2D eigenvalue weighted by Gasteiger charge is -2.10. The lowest BCUT2D eigenvalue weighted by Crippen LogP contribution is -1.93. The maximum absolute atomic E-state index is 6.71. The molecule has 59 heavy (non-hydrogen) atoms. The summed E-state index contributed by atoms with van der Waals surface area (Å²) in [5.74, 6) is 0. The first-order chi connectivity index (χ1) is 29.2. The average Bonchev–Trinajstić information content (AvgIpc) is 4.10. The van der Waals surface area contributed by atoms with Gasteiger partial charge in [0.15, 0.2) is 0 Å². The molecular formula is C55H31NOS2. The molecule has 0 spiro atoms. The van der Waals surface area contributed by atoms with Crippen LogP contribution in [0.4, 0.5) is 0 Å². The van der Waals surface area contributed by atoms with Crippen molar-refractivity contribution in [3.63, 3.8) is 0 Å². The Morgan fingerprint density at radius 3 is 1.90 bits per heavy atom. The number of hydrogen-bond acceptors (Lipinski definition) is 3. The van der Waals surface area contributed by atoms with E-state index in [1.54, 1.807) is 0 Å². The molecule has 13 aromatic rings. The highest BCUT2D eigenvalue weighted by Gasteiger charge is 2.24. The van der Waals surface area contributed by atoms with E-state index in [2.05, 4.69) is 180 Å². The summed E-state index contributed by atoms with van der Waals surface area (Å²) < 4.78 is 14.3. The summed E-state index contributed by atoms with van der Waals surface area (Å²) in [5, 5.41) is 10.0. The Bertz CT molecular complexity index is 3890. The summed E-state index contributed by atoms with van der Waals surface area (Å²) >= 11 is 3.77. The Labute approximate surface area is 346 Å². The van der Waals surface area contributed by atoms with Crippen molar-refractivity contribution in [2.75, 3.05) is 0 Å². The van der Waals surface area contributed by atoms with E-state index in [0.717, 1.165) is 23.0 Å². The zero-order valence-electron chi connectivity index (χ0n) is 31.6. The molecule has 0 unspecified atom stereocenters. The van der Waals surface area contributed by atoms with E-state index < -0.39 is 0 Å². The first-order valence-corrected chi connectivity index (χ1v) is 21.8. The topological polar surface area (TPSA) is 18.1 Å². The smallest absolute Gasteiger partial charge is 0.136 e. The number of benzene rings is 9. The summed E-state index contributed by atoms with van der Waals surface area (Å²) in [5.41, 5.74) is 16.2. The molecule has 0 bridgehead atoms. The molecule has 0 aliphatic heterocycles. The van der Waals surface area contributed by atoms with Crippen molar-refractivity contribution in [2.45, 2.75) is 6.42 Å². The predicted octanol–water partition coefficient (Wildman–Crippen LogP) is 16.3. The molecule has 0 saturated carbocycles. The minimum Gasteiger partial charge on any atom is -0.456 e. The van der Waals surface area contributed by atoms with Crippen molar-refractivity contribution in [3.05, 3.63) is 187 Å². The molecule has 0 N–H and O–H groups in total. The highest BCUT2D eigenvalue weighted by atomic mass is 32.1. The highest BCUT2D eigenvalue weighted by Crippen LogP contribution is 2.48. The van der Waals surface area contributed by atoms with E-state index in [9.17, 15) is 0 Å². The third-order valence-corrected chi connectivity index (χ3v) is 15.3. The lowest BCUT2D eigenvalue weighted by molar-refractivity contribution is 0.669. The number of hydrogen-bond donors (Lipinski definition) is 0. The molecule has 9 aromatic carbocycles. The fourth-order valence-electron chi connectivity index (χ4n) is 10.3. The van der Waals surface area contributed by atoms with Crippen LogP contribution in [0.5, 0.6) is 0 Å². The SMILES string of the molecule is c1ccc2c(c1)Cc1c-2cccc1-c1cccc2c1sc1ccc(-c3cccc4oc5cc6sc7c(-n8c9ccccc9c9ccccc98)cccc7c6cc5c34)cc12. The first-order valence-electron chi connectivity index (χ1n) is 20.2. The Hall–Kier alpha value is -6.98. The number of rotatable bonds is 3. The van der Waals surface area contributed by atoms with E-state index in [4.69, 9.17) is 4.42 Å². The van der Waals surface area contributed by atoms with Crippen molar-refractivity contribution >= 4 is 107 Å². The van der Waals surface area contributed by atoms with Gasteiger partial charge in [-0.3, -0.25) is 0 Å². The predicted molar refractivity (Wildman–Crippen MR) is 253 cm³/mol. The molecule has 0 fully saturated rings. The van der Waals surface area contributed by atoms with Gasteiger partial charge in [0.1, 0.15) is 11.2 Å². The molecule has 0 atom stereocenters. The number of aromatic nitrogens is 1. The van der Waals surface area contributed by atoms with Crippen LogP contribution in [0.3, 0.4) is 0 Å². The van der Waals surface area contributed by atoms with Gasteiger partial charge in [-0.1, -0.05) is 127 Å². The first kappa shape index (κ1) is 32.0. The van der Waals surface area contributed by atoms with Crippen LogP contribution in [0.15, 0.2) is 180 Å². The number of furan rings is 1. The molecular weight excluding hydrogens is 755 g/mol. The summed E-state index contributed by atoms with van der Waals surface area (Å²) in [7, 11) is 0. The van der Waals surface area contributed by atoms with Crippen LogP contribution < -0.4 is 0 Å². The largest absolute Gasteiger partial charge is 0.456 e. The fraction of sp³-hybridized carbons (Fsp3) is 0.0182. The zero-order valence-corrected chi connectivity index (χ0v) is 33.3. The molecule has 0 radical (unpaired) electrons.